The third-order valence-electron chi connectivity index (χ3n) is 2.09. The molecule has 0 aliphatic heterocycles. The molecule has 0 atom stereocenters. The van der Waals surface area contributed by atoms with E-state index in [4.69, 9.17) is 27.5 Å². The predicted octanol–water partition coefficient (Wildman–Crippen LogP) is 2.81. The van der Waals surface area contributed by atoms with Gasteiger partial charge in [-0.15, -0.1) is 0 Å². The summed E-state index contributed by atoms with van der Waals surface area (Å²) in [5, 5.41) is 8.04. The van der Waals surface area contributed by atoms with Crippen LogP contribution in [0.1, 0.15) is 5.56 Å². The number of nitrogens with one attached hydrogen (secondary N) is 1. The van der Waals surface area contributed by atoms with Crippen LogP contribution in [0.4, 0.5) is 0 Å². The Hall–Kier alpha value is -2.07. The van der Waals surface area contributed by atoms with Gasteiger partial charge in [-0.2, -0.15) is 0 Å². The summed E-state index contributed by atoms with van der Waals surface area (Å²) in [5.74, 6) is 0.819. The molecule has 0 saturated heterocycles. The minimum Gasteiger partial charge on any atom is -0.438 e. The summed E-state index contributed by atoms with van der Waals surface area (Å²) in [6.45, 7) is 0. The van der Waals surface area contributed by atoms with Gasteiger partial charge < -0.3 is 10.5 Å². The van der Waals surface area contributed by atoms with Gasteiger partial charge in [-0.3, -0.25) is 5.41 Å². The molecule has 17 heavy (non-hydrogen) atoms. The summed E-state index contributed by atoms with van der Waals surface area (Å²) >= 11 is 5.77. The average Bonchev–Trinajstić information content (AvgIpc) is 2.32. The van der Waals surface area contributed by atoms with Gasteiger partial charge in [0.1, 0.15) is 11.6 Å². The molecule has 0 radical (unpaired) electrons. The van der Waals surface area contributed by atoms with E-state index in [1.165, 1.54) is 0 Å². The second-order valence-electron chi connectivity index (χ2n) is 3.33. The van der Waals surface area contributed by atoms with Crippen LogP contribution < -0.4 is 10.5 Å². The van der Waals surface area contributed by atoms with Crippen molar-refractivity contribution in [2.75, 3.05) is 0 Å². The molecule has 0 fully saturated rings. The molecule has 4 nitrogen and oxygen atoms in total. The number of pyridine rings is 1. The van der Waals surface area contributed by atoms with E-state index in [1.807, 2.05) is 0 Å². The van der Waals surface area contributed by atoms with Gasteiger partial charge in [0.2, 0.25) is 5.88 Å². The lowest BCUT2D eigenvalue weighted by Crippen LogP contribution is -2.12. The van der Waals surface area contributed by atoms with E-state index >= 15 is 0 Å². The number of nitrogens with zero attached hydrogens (tertiary/aromatic N) is 1. The maximum atomic E-state index is 7.41. The van der Waals surface area contributed by atoms with Gasteiger partial charge in [-0.05, 0) is 36.4 Å². The van der Waals surface area contributed by atoms with Gasteiger partial charge in [0.25, 0.3) is 0 Å². The standard InChI is InChI=1S/C12H10ClN3O/c13-8-3-5-9(6-4-8)17-12-10(11(14)15)2-1-7-16-12/h1-7H,(H3,14,15). The van der Waals surface area contributed by atoms with Gasteiger partial charge in [0, 0.05) is 11.2 Å². The molecule has 1 heterocycles. The number of hydrogen-bond acceptors (Lipinski definition) is 3. The second kappa shape index (κ2) is 4.84. The molecule has 1 aromatic heterocycles. The number of nitrogens with two attached hydrogens (primary N) is 1. The predicted molar refractivity (Wildman–Crippen MR) is 66.8 cm³/mol. The maximum Gasteiger partial charge on any atom is 0.230 e. The molecule has 0 unspecified atom stereocenters. The second-order valence-corrected chi connectivity index (χ2v) is 3.76. The van der Waals surface area contributed by atoms with Gasteiger partial charge in [-0.25, -0.2) is 4.98 Å². The first-order valence-electron chi connectivity index (χ1n) is 4.89. The van der Waals surface area contributed by atoms with Crippen molar-refractivity contribution in [2.45, 2.75) is 0 Å². The van der Waals surface area contributed by atoms with Gasteiger partial charge in [-0.1, -0.05) is 11.6 Å². The van der Waals surface area contributed by atoms with Crippen LogP contribution in [0.25, 0.3) is 0 Å². The van der Waals surface area contributed by atoms with Crippen LogP contribution in [0.15, 0.2) is 42.6 Å². The third kappa shape index (κ3) is 2.73. The molecule has 1 aromatic carbocycles. The first-order valence-corrected chi connectivity index (χ1v) is 5.27. The lowest BCUT2D eigenvalue weighted by atomic mass is 10.2. The summed E-state index contributed by atoms with van der Waals surface area (Å²) < 4.78 is 5.54. The molecule has 0 spiro atoms. The highest BCUT2D eigenvalue weighted by molar-refractivity contribution is 6.30. The van der Waals surface area contributed by atoms with Gasteiger partial charge >= 0.3 is 0 Å². The number of amidine groups is 1. The van der Waals surface area contributed by atoms with Crippen LogP contribution in [0.5, 0.6) is 11.6 Å². The van der Waals surface area contributed by atoms with Crippen molar-refractivity contribution in [3.63, 3.8) is 0 Å². The number of rotatable bonds is 3. The van der Waals surface area contributed by atoms with Crippen molar-refractivity contribution in [3.8, 4) is 11.6 Å². The minimum atomic E-state index is -0.0814. The van der Waals surface area contributed by atoms with Crippen molar-refractivity contribution in [1.82, 2.24) is 4.98 Å². The van der Waals surface area contributed by atoms with Gasteiger partial charge in [0.15, 0.2) is 0 Å². The van der Waals surface area contributed by atoms with E-state index in [0.717, 1.165) is 0 Å². The SMILES string of the molecule is N=C(N)c1cccnc1Oc1ccc(Cl)cc1. The quantitative estimate of drug-likeness (QED) is 0.647. The van der Waals surface area contributed by atoms with Crippen LogP contribution in [0.2, 0.25) is 5.02 Å². The zero-order valence-electron chi connectivity index (χ0n) is 8.85. The van der Waals surface area contributed by atoms with E-state index < -0.39 is 0 Å². The first-order chi connectivity index (χ1) is 8.16. The molecule has 2 aromatic rings. The summed E-state index contributed by atoms with van der Waals surface area (Å²) in [7, 11) is 0. The van der Waals surface area contributed by atoms with Gasteiger partial charge in [0.05, 0.1) is 5.56 Å². The Kier molecular flexibility index (Phi) is 3.25. The number of benzene rings is 1. The number of ether oxygens (including phenoxy) is 1. The van der Waals surface area contributed by atoms with Crippen molar-refractivity contribution < 1.29 is 4.74 Å². The maximum absolute atomic E-state index is 7.41. The molecular weight excluding hydrogens is 238 g/mol. The Bertz CT molecular complexity index is 540. The minimum absolute atomic E-state index is 0.0814. The molecule has 0 aliphatic carbocycles. The lowest BCUT2D eigenvalue weighted by Gasteiger charge is -2.08. The normalized spacial score (nSPS) is 9.94. The molecule has 0 aliphatic rings. The molecule has 3 N–H and O–H groups in total. The molecular formula is C12H10ClN3O. The number of nitrogen functional groups attached to an aromatic ring is 1. The average molecular weight is 248 g/mol. The Morgan fingerprint density at radius 1 is 1.24 bits per heavy atom. The van der Waals surface area contributed by atoms with Crippen molar-refractivity contribution in [2.24, 2.45) is 5.73 Å². The van der Waals surface area contributed by atoms with E-state index in [-0.39, 0.29) is 5.84 Å². The molecule has 5 heteroatoms. The molecule has 2 rings (SSSR count). The Morgan fingerprint density at radius 2 is 1.94 bits per heavy atom. The fraction of sp³-hybridized carbons (Fsp3) is 0. The number of aromatic nitrogens is 1. The summed E-state index contributed by atoms with van der Waals surface area (Å²) in [5.41, 5.74) is 5.90. The largest absolute Gasteiger partial charge is 0.438 e. The van der Waals surface area contributed by atoms with Crippen molar-refractivity contribution >= 4 is 17.4 Å². The number of halogens is 1. The Labute approximate surface area is 104 Å². The Morgan fingerprint density at radius 3 is 2.59 bits per heavy atom. The third-order valence-corrected chi connectivity index (χ3v) is 2.34. The zero-order valence-corrected chi connectivity index (χ0v) is 9.61. The van der Waals surface area contributed by atoms with Crippen molar-refractivity contribution in [3.05, 3.63) is 53.2 Å². The summed E-state index contributed by atoms with van der Waals surface area (Å²) in [6, 6.07) is 10.3. The fourth-order valence-electron chi connectivity index (χ4n) is 1.29. The lowest BCUT2D eigenvalue weighted by molar-refractivity contribution is 0.462. The van der Waals surface area contributed by atoms with Crippen LogP contribution >= 0.6 is 11.6 Å². The van der Waals surface area contributed by atoms with Crippen LogP contribution in [0.3, 0.4) is 0 Å². The summed E-state index contributed by atoms with van der Waals surface area (Å²) in [6.07, 6.45) is 1.58. The van der Waals surface area contributed by atoms with E-state index in [2.05, 4.69) is 4.98 Å². The summed E-state index contributed by atoms with van der Waals surface area (Å²) in [4.78, 5) is 4.04. The highest BCUT2D eigenvalue weighted by Crippen LogP contribution is 2.23. The van der Waals surface area contributed by atoms with Crippen molar-refractivity contribution in [1.29, 1.82) is 5.41 Å². The van der Waals surface area contributed by atoms with Crippen LogP contribution in [-0.2, 0) is 0 Å². The molecule has 0 bridgehead atoms. The zero-order chi connectivity index (χ0) is 12.3. The smallest absolute Gasteiger partial charge is 0.230 e. The highest BCUT2D eigenvalue weighted by Gasteiger charge is 2.08. The molecule has 0 amide bonds. The molecule has 0 saturated carbocycles. The number of hydrogen-bond donors (Lipinski definition) is 2. The molecule has 86 valence electrons. The Balaban J connectivity index is 2.30. The first kappa shape index (κ1) is 11.4. The van der Waals surface area contributed by atoms with Crippen LogP contribution in [0, 0.1) is 5.41 Å². The topological polar surface area (TPSA) is 72.0 Å². The fourth-order valence-corrected chi connectivity index (χ4v) is 1.42. The van der Waals surface area contributed by atoms with E-state index in [0.29, 0.717) is 22.2 Å². The van der Waals surface area contributed by atoms with E-state index in [1.54, 1.807) is 42.6 Å². The highest BCUT2D eigenvalue weighted by atomic mass is 35.5. The van der Waals surface area contributed by atoms with Crippen LogP contribution in [-0.4, -0.2) is 10.8 Å². The van der Waals surface area contributed by atoms with E-state index in [9.17, 15) is 0 Å². The monoisotopic (exact) mass is 247 g/mol.